The minimum Gasteiger partial charge on any atom is -0.481 e. The summed E-state index contributed by atoms with van der Waals surface area (Å²) in [5, 5.41) is 14.6. The zero-order valence-corrected chi connectivity index (χ0v) is 13.5. The average molecular weight is 300 g/mol. The van der Waals surface area contributed by atoms with E-state index >= 15 is 0 Å². The number of hydrogen-bond donors (Lipinski definition) is 3. The van der Waals surface area contributed by atoms with Gasteiger partial charge < -0.3 is 20.5 Å². The first-order valence-electron chi connectivity index (χ1n) is 7.50. The molecule has 0 spiro atoms. The van der Waals surface area contributed by atoms with E-state index < -0.39 is 11.9 Å². The molecule has 0 aromatic rings. The molecule has 1 fully saturated rings. The molecule has 0 radical (unpaired) electrons. The molecule has 1 saturated heterocycles. The van der Waals surface area contributed by atoms with Gasteiger partial charge in [0.25, 0.3) is 0 Å². The van der Waals surface area contributed by atoms with E-state index in [-0.39, 0.29) is 23.6 Å². The van der Waals surface area contributed by atoms with Crippen LogP contribution in [0, 0.1) is 11.3 Å². The lowest BCUT2D eigenvalue weighted by atomic mass is 9.84. The summed E-state index contributed by atoms with van der Waals surface area (Å²) in [6.45, 7) is 9.24. The third-order valence-corrected chi connectivity index (χ3v) is 3.64. The van der Waals surface area contributed by atoms with Crippen molar-refractivity contribution in [3.63, 3.8) is 0 Å². The summed E-state index contributed by atoms with van der Waals surface area (Å²) in [4.78, 5) is 23.0. The lowest BCUT2D eigenvalue weighted by molar-refractivity contribution is -0.142. The first-order valence-corrected chi connectivity index (χ1v) is 7.50. The third kappa shape index (κ3) is 6.80. The van der Waals surface area contributed by atoms with Crippen LogP contribution < -0.4 is 10.6 Å². The molecule has 1 aliphatic heterocycles. The van der Waals surface area contributed by atoms with Crippen LogP contribution in [0.25, 0.3) is 0 Å². The lowest BCUT2D eigenvalue weighted by Gasteiger charge is -2.25. The van der Waals surface area contributed by atoms with Crippen LogP contribution >= 0.6 is 0 Å². The molecule has 2 amide bonds. The second-order valence-electron chi connectivity index (χ2n) is 7.27. The van der Waals surface area contributed by atoms with E-state index in [0.717, 1.165) is 19.4 Å². The van der Waals surface area contributed by atoms with Crippen molar-refractivity contribution in [2.24, 2.45) is 11.3 Å². The van der Waals surface area contributed by atoms with Gasteiger partial charge in [-0.15, -0.1) is 0 Å². The Bertz CT molecular complexity index is 370. The number of carboxylic acids is 1. The van der Waals surface area contributed by atoms with Gasteiger partial charge in [-0.05, 0) is 31.6 Å². The summed E-state index contributed by atoms with van der Waals surface area (Å²) in [7, 11) is 0. The highest BCUT2D eigenvalue weighted by atomic mass is 16.5. The van der Waals surface area contributed by atoms with Gasteiger partial charge >= 0.3 is 12.0 Å². The molecule has 6 heteroatoms. The normalized spacial score (nSPS) is 23.6. The molecule has 0 saturated carbocycles. The molecule has 6 nitrogen and oxygen atoms in total. The number of carbonyl (C=O) groups is 2. The van der Waals surface area contributed by atoms with Crippen molar-refractivity contribution in [1.29, 1.82) is 0 Å². The SMILES string of the molecule is CC(C)(C)CC(CNC(=O)NCC1(C)CCCO1)C(=O)O. The molecule has 3 N–H and O–H groups in total. The van der Waals surface area contributed by atoms with Crippen LogP contribution in [0.5, 0.6) is 0 Å². The fraction of sp³-hybridized carbons (Fsp3) is 0.867. The Morgan fingerprint density at radius 3 is 2.48 bits per heavy atom. The highest BCUT2D eigenvalue weighted by Gasteiger charge is 2.30. The highest BCUT2D eigenvalue weighted by Crippen LogP contribution is 2.25. The van der Waals surface area contributed by atoms with Gasteiger partial charge in [0.05, 0.1) is 11.5 Å². The predicted octanol–water partition coefficient (Wildman–Crippen LogP) is 1.99. The molecule has 0 bridgehead atoms. The van der Waals surface area contributed by atoms with Gasteiger partial charge in [-0.1, -0.05) is 20.8 Å². The highest BCUT2D eigenvalue weighted by molar-refractivity contribution is 5.75. The molecule has 21 heavy (non-hydrogen) atoms. The van der Waals surface area contributed by atoms with Crippen molar-refractivity contribution in [2.75, 3.05) is 19.7 Å². The van der Waals surface area contributed by atoms with E-state index in [1.807, 2.05) is 27.7 Å². The second kappa shape index (κ2) is 7.11. The lowest BCUT2D eigenvalue weighted by Crippen LogP contribution is -2.46. The van der Waals surface area contributed by atoms with Crippen LogP contribution in [-0.4, -0.2) is 42.4 Å². The molecule has 2 unspecified atom stereocenters. The van der Waals surface area contributed by atoms with Crippen molar-refractivity contribution in [3.05, 3.63) is 0 Å². The summed E-state index contributed by atoms with van der Waals surface area (Å²) in [5.74, 6) is -1.45. The Hall–Kier alpha value is -1.30. The summed E-state index contributed by atoms with van der Waals surface area (Å²) < 4.78 is 5.58. The smallest absolute Gasteiger partial charge is 0.314 e. The molecule has 122 valence electrons. The zero-order chi connectivity index (χ0) is 16.1. The minimum absolute atomic E-state index is 0.0909. The average Bonchev–Trinajstić information content (AvgIpc) is 2.78. The molecule has 0 aliphatic carbocycles. The second-order valence-corrected chi connectivity index (χ2v) is 7.27. The van der Waals surface area contributed by atoms with E-state index in [2.05, 4.69) is 10.6 Å². The van der Waals surface area contributed by atoms with Crippen molar-refractivity contribution >= 4 is 12.0 Å². The minimum atomic E-state index is -0.878. The number of amides is 2. The maximum absolute atomic E-state index is 11.8. The van der Waals surface area contributed by atoms with Crippen LogP contribution in [0.1, 0.15) is 47.0 Å². The zero-order valence-electron chi connectivity index (χ0n) is 13.5. The maximum Gasteiger partial charge on any atom is 0.314 e. The van der Waals surface area contributed by atoms with Gasteiger partial charge in [-0.25, -0.2) is 4.79 Å². The van der Waals surface area contributed by atoms with E-state index in [1.54, 1.807) is 0 Å². The van der Waals surface area contributed by atoms with E-state index in [0.29, 0.717) is 13.0 Å². The molecule has 1 rings (SSSR count). The molecule has 0 aromatic heterocycles. The number of nitrogens with one attached hydrogen (secondary N) is 2. The standard InChI is InChI=1S/C15H28N2O4/c1-14(2,3)8-11(12(18)19)9-16-13(20)17-10-15(4)6-5-7-21-15/h11H,5-10H2,1-4H3,(H,18,19)(H2,16,17,20). The maximum atomic E-state index is 11.8. The van der Waals surface area contributed by atoms with Crippen LogP contribution in [0.15, 0.2) is 0 Å². The Kier molecular flexibility index (Phi) is 6.01. The van der Waals surface area contributed by atoms with Crippen molar-refractivity contribution in [2.45, 2.75) is 52.6 Å². The Morgan fingerprint density at radius 2 is 2.00 bits per heavy atom. The first kappa shape index (κ1) is 17.8. The predicted molar refractivity (Wildman–Crippen MR) is 80.2 cm³/mol. The fourth-order valence-corrected chi connectivity index (χ4v) is 2.51. The van der Waals surface area contributed by atoms with Crippen molar-refractivity contribution < 1.29 is 19.4 Å². The van der Waals surface area contributed by atoms with E-state index in [1.165, 1.54) is 0 Å². The quantitative estimate of drug-likeness (QED) is 0.700. The Balaban J connectivity index is 2.34. The number of aliphatic carboxylic acids is 1. The topological polar surface area (TPSA) is 87.7 Å². The number of urea groups is 1. The van der Waals surface area contributed by atoms with E-state index in [4.69, 9.17) is 4.74 Å². The van der Waals surface area contributed by atoms with Crippen LogP contribution in [0.4, 0.5) is 4.79 Å². The summed E-state index contributed by atoms with van der Waals surface area (Å²) in [6.07, 6.45) is 2.45. The van der Waals surface area contributed by atoms with E-state index in [9.17, 15) is 14.7 Å². The number of ether oxygens (including phenoxy) is 1. The monoisotopic (exact) mass is 300 g/mol. The summed E-state index contributed by atoms with van der Waals surface area (Å²) in [5.41, 5.74) is -0.388. The molecular formula is C15H28N2O4. The Morgan fingerprint density at radius 1 is 1.33 bits per heavy atom. The Labute approximate surface area is 126 Å². The molecular weight excluding hydrogens is 272 g/mol. The van der Waals surface area contributed by atoms with Crippen molar-refractivity contribution in [3.8, 4) is 0 Å². The molecule has 1 heterocycles. The largest absolute Gasteiger partial charge is 0.481 e. The number of hydrogen-bond acceptors (Lipinski definition) is 3. The van der Waals surface area contributed by atoms with Gasteiger partial charge in [0.2, 0.25) is 0 Å². The summed E-state index contributed by atoms with van der Waals surface area (Å²) >= 11 is 0. The van der Waals surface area contributed by atoms with Crippen LogP contribution in [0.3, 0.4) is 0 Å². The fourth-order valence-electron chi connectivity index (χ4n) is 2.51. The van der Waals surface area contributed by atoms with Gasteiger partial charge in [-0.2, -0.15) is 0 Å². The van der Waals surface area contributed by atoms with Gasteiger partial charge in [0, 0.05) is 19.7 Å². The van der Waals surface area contributed by atoms with Crippen molar-refractivity contribution in [1.82, 2.24) is 10.6 Å². The van der Waals surface area contributed by atoms with Gasteiger partial charge in [0.15, 0.2) is 0 Å². The van der Waals surface area contributed by atoms with Gasteiger partial charge in [-0.3, -0.25) is 4.79 Å². The molecule has 2 atom stereocenters. The number of rotatable bonds is 6. The molecule has 1 aliphatic rings. The molecule has 0 aromatic carbocycles. The van der Waals surface area contributed by atoms with Crippen LogP contribution in [-0.2, 0) is 9.53 Å². The third-order valence-electron chi connectivity index (χ3n) is 3.64. The van der Waals surface area contributed by atoms with Gasteiger partial charge in [0.1, 0.15) is 0 Å². The summed E-state index contributed by atoms with van der Waals surface area (Å²) in [6, 6.07) is -0.341. The number of carboxylic acid groups (broad SMARTS) is 1. The van der Waals surface area contributed by atoms with Crippen LogP contribution in [0.2, 0.25) is 0 Å². The number of carbonyl (C=O) groups excluding carboxylic acids is 1. The first-order chi connectivity index (χ1) is 9.61.